The number of nitrogens with zero attached hydrogens (tertiary/aromatic N) is 2. The average molecular weight is 544 g/mol. The van der Waals surface area contributed by atoms with Crippen molar-refractivity contribution in [1.29, 1.82) is 0 Å². The van der Waals surface area contributed by atoms with Crippen LogP contribution in [0.2, 0.25) is 0 Å². The maximum Gasteiger partial charge on any atom is 0.251 e. The maximum atomic E-state index is 12.1. The van der Waals surface area contributed by atoms with Crippen molar-refractivity contribution >= 4 is 47.2 Å². The third-order valence-corrected chi connectivity index (χ3v) is 5.23. The lowest BCUT2D eigenvalue weighted by Gasteiger charge is -2.10. The fourth-order valence-electron chi connectivity index (χ4n) is 2.59. The van der Waals surface area contributed by atoms with Gasteiger partial charge in [0.2, 0.25) is 0 Å². The van der Waals surface area contributed by atoms with Gasteiger partial charge in [0.25, 0.3) is 5.91 Å². The van der Waals surface area contributed by atoms with Gasteiger partial charge in [-0.15, -0.1) is 35.3 Å². The molecule has 0 saturated carbocycles. The van der Waals surface area contributed by atoms with Crippen molar-refractivity contribution in [3.8, 4) is 0 Å². The smallest absolute Gasteiger partial charge is 0.251 e. The summed E-state index contributed by atoms with van der Waals surface area (Å²) in [6, 6.07) is 7.63. The second kappa shape index (κ2) is 14.3. The Morgan fingerprint density at radius 1 is 1.13 bits per heavy atom. The van der Waals surface area contributed by atoms with E-state index in [1.54, 1.807) is 11.3 Å². The molecule has 0 atom stereocenters. The van der Waals surface area contributed by atoms with E-state index in [0.717, 1.165) is 48.2 Å². The molecule has 0 saturated heterocycles. The molecule has 2 aromatic rings. The Labute approximate surface area is 201 Å². The van der Waals surface area contributed by atoms with Gasteiger partial charge >= 0.3 is 0 Å². The second-order valence-electron chi connectivity index (χ2n) is 7.18. The molecule has 8 heteroatoms. The maximum absolute atomic E-state index is 12.1. The SMILES string of the molecule is CCCCNC(=O)c1ccc(CN=C(NCC)NCc2nc(C(C)C)cs2)cc1.I. The second-order valence-corrected chi connectivity index (χ2v) is 8.12. The number of guanidine groups is 1. The molecule has 30 heavy (non-hydrogen) atoms. The molecule has 166 valence electrons. The van der Waals surface area contributed by atoms with Crippen LogP contribution in [0.3, 0.4) is 0 Å². The number of rotatable bonds is 10. The molecule has 1 aromatic heterocycles. The summed E-state index contributed by atoms with van der Waals surface area (Å²) in [7, 11) is 0. The van der Waals surface area contributed by atoms with E-state index in [1.807, 2.05) is 31.2 Å². The summed E-state index contributed by atoms with van der Waals surface area (Å²) < 4.78 is 0. The summed E-state index contributed by atoms with van der Waals surface area (Å²) in [5.74, 6) is 1.18. The van der Waals surface area contributed by atoms with Crippen LogP contribution in [-0.4, -0.2) is 29.9 Å². The Hall–Kier alpha value is -1.68. The van der Waals surface area contributed by atoms with Gasteiger partial charge in [0.15, 0.2) is 5.96 Å². The number of carbonyl (C=O) groups is 1. The Morgan fingerprint density at radius 2 is 1.87 bits per heavy atom. The topological polar surface area (TPSA) is 78.4 Å². The fraction of sp³-hybridized carbons (Fsp3) is 0.500. The zero-order valence-corrected chi connectivity index (χ0v) is 21.5. The van der Waals surface area contributed by atoms with Crippen LogP contribution in [0.5, 0.6) is 0 Å². The molecule has 0 radical (unpaired) electrons. The number of hydrogen-bond donors (Lipinski definition) is 3. The number of carbonyl (C=O) groups excluding carboxylic acids is 1. The largest absolute Gasteiger partial charge is 0.357 e. The van der Waals surface area contributed by atoms with Gasteiger partial charge in [-0.1, -0.05) is 39.3 Å². The molecule has 1 amide bonds. The summed E-state index contributed by atoms with van der Waals surface area (Å²) in [6.07, 6.45) is 2.07. The summed E-state index contributed by atoms with van der Waals surface area (Å²) in [6.45, 7) is 11.2. The van der Waals surface area contributed by atoms with Crippen molar-refractivity contribution in [2.75, 3.05) is 13.1 Å². The van der Waals surface area contributed by atoms with E-state index < -0.39 is 0 Å². The molecule has 0 spiro atoms. The minimum atomic E-state index is -0.0206. The molecule has 1 aromatic carbocycles. The zero-order chi connectivity index (χ0) is 21.1. The van der Waals surface area contributed by atoms with E-state index in [1.165, 1.54) is 0 Å². The van der Waals surface area contributed by atoms with Crippen LogP contribution in [0, 0.1) is 0 Å². The molecule has 6 nitrogen and oxygen atoms in total. The number of amides is 1. The lowest BCUT2D eigenvalue weighted by atomic mass is 10.1. The third kappa shape index (κ3) is 8.99. The number of aliphatic imine (C=N–C) groups is 1. The van der Waals surface area contributed by atoms with Crippen molar-refractivity contribution < 1.29 is 4.79 Å². The summed E-state index contributed by atoms with van der Waals surface area (Å²) in [5.41, 5.74) is 2.87. The van der Waals surface area contributed by atoms with Crippen molar-refractivity contribution in [2.45, 2.75) is 59.5 Å². The van der Waals surface area contributed by atoms with Crippen molar-refractivity contribution in [3.63, 3.8) is 0 Å². The molecule has 3 N–H and O–H groups in total. The van der Waals surface area contributed by atoms with Crippen LogP contribution in [0.15, 0.2) is 34.6 Å². The molecule has 0 aliphatic rings. The van der Waals surface area contributed by atoms with Gasteiger partial charge in [0.1, 0.15) is 5.01 Å². The van der Waals surface area contributed by atoms with Crippen LogP contribution >= 0.6 is 35.3 Å². The number of thiazole rings is 1. The van der Waals surface area contributed by atoms with Gasteiger partial charge in [-0.3, -0.25) is 4.79 Å². The number of aromatic nitrogens is 1. The minimum Gasteiger partial charge on any atom is -0.357 e. The highest BCUT2D eigenvalue weighted by atomic mass is 127. The van der Waals surface area contributed by atoms with Gasteiger partial charge in [-0.05, 0) is 37.0 Å². The van der Waals surface area contributed by atoms with Crippen LogP contribution in [0.25, 0.3) is 0 Å². The van der Waals surface area contributed by atoms with E-state index in [2.05, 4.69) is 52.1 Å². The first-order valence-corrected chi connectivity index (χ1v) is 11.2. The number of nitrogens with one attached hydrogen (secondary N) is 3. The Bertz CT molecular complexity index is 789. The highest BCUT2D eigenvalue weighted by Gasteiger charge is 2.07. The number of unbranched alkanes of at least 4 members (excludes halogenated alkanes) is 1. The fourth-order valence-corrected chi connectivity index (χ4v) is 3.48. The first-order valence-electron chi connectivity index (χ1n) is 10.4. The Balaban J connectivity index is 0.00000450. The molecular formula is C22H34IN5OS. The number of hydrogen-bond acceptors (Lipinski definition) is 4. The first kappa shape index (κ1) is 26.4. The van der Waals surface area contributed by atoms with E-state index in [0.29, 0.717) is 24.6 Å². The summed E-state index contributed by atoms with van der Waals surface area (Å²) in [5, 5.41) is 12.7. The number of benzene rings is 1. The molecule has 0 fully saturated rings. The first-order chi connectivity index (χ1) is 14.0. The standard InChI is InChI=1S/C22H33N5OS.HI/c1-5-7-12-24-21(28)18-10-8-17(9-11-18)13-25-22(23-6-2)26-14-20-27-19(15-29-20)16(3)4;/h8-11,15-16H,5-7,12-14H2,1-4H3,(H,24,28)(H2,23,25,26);1H. The van der Waals surface area contributed by atoms with E-state index in [-0.39, 0.29) is 29.9 Å². The molecule has 0 aliphatic carbocycles. The van der Waals surface area contributed by atoms with Gasteiger partial charge in [0, 0.05) is 24.0 Å². The van der Waals surface area contributed by atoms with Crippen LogP contribution in [-0.2, 0) is 13.1 Å². The monoisotopic (exact) mass is 543 g/mol. The molecule has 2 rings (SSSR count). The van der Waals surface area contributed by atoms with Crippen molar-refractivity contribution in [1.82, 2.24) is 20.9 Å². The van der Waals surface area contributed by atoms with Gasteiger partial charge in [-0.25, -0.2) is 9.98 Å². The highest BCUT2D eigenvalue weighted by Crippen LogP contribution is 2.17. The van der Waals surface area contributed by atoms with Gasteiger partial charge < -0.3 is 16.0 Å². The molecular weight excluding hydrogens is 509 g/mol. The van der Waals surface area contributed by atoms with Gasteiger partial charge in [0.05, 0.1) is 18.8 Å². The van der Waals surface area contributed by atoms with Crippen molar-refractivity contribution in [3.05, 3.63) is 51.5 Å². The van der Waals surface area contributed by atoms with Gasteiger partial charge in [-0.2, -0.15) is 0 Å². The van der Waals surface area contributed by atoms with Crippen molar-refractivity contribution in [2.24, 2.45) is 4.99 Å². The lowest BCUT2D eigenvalue weighted by molar-refractivity contribution is 0.0953. The van der Waals surface area contributed by atoms with E-state index in [4.69, 9.17) is 0 Å². The molecule has 1 heterocycles. The Morgan fingerprint density at radius 3 is 2.47 bits per heavy atom. The molecule has 0 bridgehead atoms. The molecule has 0 aliphatic heterocycles. The van der Waals surface area contributed by atoms with Crippen LogP contribution < -0.4 is 16.0 Å². The normalized spacial score (nSPS) is 11.2. The number of halogens is 1. The average Bonchev–Trinajstić information content (AvgIpc) is 3.20. The Kier molecular flexibility index (Phi) is 12.6. The van der Waals surface area contributed by atoms with E-state index in [9.17, 15) is 4.79 Å². The quantitative estimate of drug-likeness (QED) is 0.176. The van der Waals surface area contributed by atoms with Crippen LogP contribution in [0.4, 0.5) is 0 Å². The third-order valence-electron chi connectivity index (χ3n) is 4.36. The predicted octanol–water partition coefficient (Wildman–Crippen LogP) is 4.67. The predicted molar refractivity (Wildman–Crippen MR) is 137 cm³/mol. The lowest BCUT2D eigenvalue weighted by Crippen LogP contribution is -2.36. The van der Waals surface area contributed by atoms with E-state index >= 15 is 0 Å². The zero-order valence-electron chi connectivity index (χ0n) is 18.3. The highest BCUT2D eigenvalue weighted by molar-refractivity contribution is 14.0. The van der Waals surface area contributed by atoms with Crippen LogP contribution in [0.1, 0.15) is 73.1 Å². The summed E-state index contributed by atoms with van der Waals surface area (Å²) >= 11 is 1.67. The molecule has 0 unspecified atom stereocenters. The minimum absolute atomic E-state index is 0. The summed E-state index contributed by atoms with van der Waals surface area (Å²) in [4.78, 5) is 21.4.